The van der Waals surface area contributed by atoms with Gasteiger partial charge in [0.25, 0.3) is 0 Å². The van der Waals surface area contributed by atoms with E-state index in [0.717, 1.165) is 12.1 Å². The Bertz CT molecular complexity index is 458. The average molecular weight is 313 g/mol. The molecule has 0 saturated carbocycles. The zero-order valence-corrected chi connectivity index (χ0v) is 11.7. The molecule has 1 rings (SSSR count). The number of hydrogen-bond acceptors (Lipinski definition) is 3. The van der Waals surface area contributed by atoms with Crippen molar-refractivity contribution in [3.05, 3.63) is 24.0 Å². The molecule has 1 aromatic carbocycles. The van der Waals surface area contributed by atoms with Crippen molar-refractivity contribution >= 4 is 24.0 Å². The van der Waals surface area contributed by atoms with Crippen LogP contribution in [0.15, 0.2) is 18.2 Å². The van der Waals surface area contributed by atoms with Gasteiger partial charge >= 0.3 is 6.61 Å². The molecule has 1 atom stereocenters. The molecule has 114 valence electrons. The van der Waals surface area contributed by atoms with Crippen molar-refractivity contribution in [2.24, 2.45) is 11.7 Å². The van der Waals surface area contributed by atoms with E-state index in [1.807, 2.05) is 0 Å². The molecule has 0 saturated heterocycles. The second-order valence-corrected chi connectivity index (χ2v) is 4.28. The van der Waals surface area contributed by atoms with Gasteiger partial charge in [0.15, 0.2) is 11.6 Å². The molecule has 4 nitrogen and oxygen atoms in total. The topological polar surface area (TPSA) is 64.4 Å². The maximum atomic E-state index is 13.4. The van der Waals surface area contributed by atoms with Crippen LogP contribution in [-0.4, -0.2) is 18.6 Å². The third-order valence-electron chi connectivity index (χ3n) is 2.44. The van der Waals surface area contributed by atoms with Gasteiger partial charge in [-0.1, -0.05) is 13.8 Å². The molecule has 0 bridgehead atoms. The van der Waals surface area contributed by atoms with E-state index in [4.69, 9.17) is 5.73 Å². The number of hydrogen-bond donors (Lipinski definition) is 2. The van der Waals surface area contributed by atoms with Gasteiger partial charge in [-0.25, -0.2) is 4.39 Å². The van der Waals surface area contributed by atoms with Gasteiger partial charge in [-0.3, -0.25) is 4.79 Å². The number of amides is 1. The van der Waals surface area contributed by atoms with E-state index >= 15 is 0 Å². The summed E-state index contributed by atoms with van der Waals surface area (Å²) in [5.74, 6) is -2.12. The van der Waals surface area contributed by atoms with Crippen molar-refractivity contribution in [3.63, 3.8) is 0 Å². The number of benzene rings is 1. The Kier molecular flexibility index (Phi) is 7.38. The van der Waals surface area contributed by atoms with Crippen LogP contribution in [0.25, 0.3) is 0 Å². The standard InChI is InChI=1S/C12H15F3N2O2.ClH/c1-6(2)10(16)11(18)17-7-3-4-9(8(13)5-7)19-12(14)15;/h3-6,10,12H,16H2,1-2H3,(H,17,18);1H. The summed E-state index contributed by atoms with van der Waals surface area (Å²) >= 11 is 0. The Balaban J connectivity index is 0.00000361. The monoisotopic (exact) mass is 312 g/mol. The van der Waals surface area contributed by atoms with Crippen LogP contribution in [0.3, 0.4) is 0 Å². The third kappa shape index (κ3) is 5.26. The summed E-state index contributed by atoms with van der Waals surface area (Å²) in [6, 6.07) is 2.42. The summed E-state index contributed by atoms with van der Waals surface area (Å²) in [7, 11) is 0. The summed E-state index contributed by atoms with van der Waals surface area (Å²) in [5, 5.41) is 2.40. The molecule has 1 unspecified atom stereocenters. The molecule has 8 heteroatoms. The van der Waals surface area contributed by atoms with Gasteiger partial charge in [-0.2, -0.15) is 8.78 Å². The molecule has 1 aromatic rings. The lowest BCUT2D eigenvalue weighted by atomic mass is 10.0. The number of carbonyl (C=O) groups is 1. The Hall–Kier alpha value is -1.47. The number of nitrogens with two attached hydrogens (primary N) is 1. The number of alkyl halides is 2. The molecule has 1 amide bonds. The molecule has 0 aliphatic heterocycles. The lowest BCUT2D eigenvalue weighted by Crippen LogP contribution is -2.39. The minimum atomic E-state index is -3.11. The van der Waals surface area contributed by atoms with Crippen molar-refractivity contribution in [1.29, 1.82) is 0 Å². The highest BCUT2D eigenvalue weighted by atomic mass is 35.5. The molecule has 3 N–H and O–H groups in total. The predicted molar refractivity (Wildman–Crippen MR) is 71.7 cm³/mol. The smallest absolute Gasteiger partial charge is 0.387 e. The molecule has 0 aromatic heterocycles. The van der Waals surface area contributed by atoms with Crippen LogP contribution in [0.2, 0.25) is 0 Å². The van der Waals surface area contributed by atoms with Gasteiger partial charge in [-0.05, 0) is 18.1 Å². The Morgan fingerprint density at radius 3 is 2.40 bits per heavy atom. The minimum absolute atomic E-state index is 0. The first-order chi connectivity index (χ1) is 8.81. The molecule has 0 aliphatic carbocycles. The van der Waals surface area contributed by atoms with Crippen LogP contribution in [0.1, 0.15) is 13.8 Å². The number of anilines is 1. The first-order valence-electron chi connectivity index (χ1n) is 5.62. The maximum Gasteiger partial charge on any atom is 0.387 e. The predicted octanol–water partition coefficient (Wildman–Crippen LogP) is 2.77. The van der Waals surface area contributed by atoms with E-state index in [1.165, 1.54) is 6.07 Å². The Morgan fingerprint density at radius 2 is 1.95 bits per heavy atom. The normalized spacial score (nSPS) is 12.0. The highest BCUT2D eigenvalue weighted by molar-refractivity contribution is 5.94. The van der Waals surface area contributed by atoms with Gasteiger partial charge in [0.05, 0.1) is 6.04 Å². The lowest BCUT2D eigenvalue weighted by molar-refractivity contribution is -0.118. The molecular formula is C12H16ClF3N2O2. The van der Waals surface area contributed by atoms with Crippen molar-refractivity contribution < 1.29 is 22.7 Å². The van der Waals surface area contributed by atoms with E-state index in [9.17, 15) is 18.0 Å². The fourth-order valence-electron chi connectivity index (χ4n) is 1.30. The van der Waals surface area contributed by atoms with Crippen LogP contribution >= 0.6 is 12.4 Å². The van der Waals surface area contributed by atoms with E-state index in [-0.39, 0.29) is 24.0 Å². The number of ether oxygens (including phenoxy) is 1. The zero-order valence-electron chi connectivity index (χ0n) is 10.9. The summed E-state index contributed by atoms with van der Waals surface area (Å²) in [6.07, 6.45) is 0. The van der Waals surface area contributed by atoms with Crippen LogP contribution < -0.4 is 15.8 Å². The number of nitrogens with one attached hydrogen (secondary N) is 1. The SMILES string of the molecule is CC(C)C(N)C(=O)Nc1ccc(OC(F)F)c(F)c1.Cl. The molecule has 20 heavy (non-hydrogen) atoms. The fraction of sp³-hybridized carbons (Fsp3) is 0.417. The molecule has 0 radical (unpaired) electrons. The summed E-state index contributed by atoms with van der Waals surface area (Å²) in [5.41, 5.74) is 5.74. The van der Waals surface area contributed by atoms with Gasteiger partial charge in [0, 0.05) is 11.8 Å². The van der Waals surface area contributed by atoms with E-state index < -0.39 is 30.1 Å². The van der Waals surface area contributed by atoms with Crippen LogP contribution in [0.4, 0.5) is 18.9 Å². The molecular weight excluding hydrogens is 297 g/mol. The van der Waals surface area contributed by atoms with Crippen molar-refractivity contribution in [2.45, 2.75) is 26.5 Å². The van der Waals surface area contributed by atoms with Crippen molar-refractivity contribution in [2.75, 3.05) is 5.32 Å². The summed E-state index contributed by atoms with van der Waals surface area (Å²) in [4.78, 5) is 11.6. The maximum absolute atomic E-state index is 13.4. The molecule has 0 fully saturated rings. The number of halogens is 4. The van der Waals surface area contributed by atoms with Crippen LogP contribution in [0, 0.1) is 11.7 Å². The second kappa shape index (κ2) is 7.96. The van der Waals surface area contributed by atoms with Crippen LogP contribution in [-0.2, 0) is 4.79 Å². The second-order valence-electron chi connectivity index (χ2n) is 4.28. The van der Waals surface area contributed by atoms with Gasteiger partial charge < -0.3 is 15.8 Å². The zero-order chi connectivity index (χ0) is 14.6. The van der Waals surface area contributed by atoms with Gasteiger partial charge in [0.1, 0.15) is 0 Å². The van der Waals surface area contributed by atoms with Crippen LogP contribution in [0.5, 0.6) is 5.75 Å². The largest absolute Gasteiger partial charge is 0.432 e. The van der Waals surface area contributed by atoms with Gasteiger partial charge in [0.2, 0.25) is 5.91 Å². The van der Waals surface area contributed by atoms with Crippen molar-refractivity contribution in [1.82, 2.24) is 0 Å². The third-order valence-corrected chi connectivity index (χ3v) is 2.44. The molecule has 0 heterocycles. The molecule has 0 spiro atoms. The van der Waals surface area contributed by atoms with E-state index in [2.05, 4.69) is 10.1 Å². The quantitative estimate of drug-likeness (QED) is 0.878. The highest BCUT2D eigenvalue weighted by Gasteiger charge is 2.18. The Labute approximate surface area is 120 Å². The average Bonchev–Trinajstić information content (AvgIpc) is 2.31. The molecule has 0 aliphatic rings. The summed E-state index contributed by atoms with van der Waals surface area (Å²) in [6.45, 7) is 0.429. The van der Waals surface area contributed by atoms with Crippen molar-refractivity contribution in [3.8, 4) is 5.75 Å². The fourth-order valence-corrected chi connectivity index (χ4v) is 1.30. The lowest BCUT2D eigenvalue weighted by Gasteiger charge is -2.15. The van der Waals surface area contributed by atoms with E-state index in [1.54, 1.807) is 13.8 Å². The summed E-state index contributed by atoms with van der Waals surface area (Å²) < 4.78 is 41.2. The van der Waals surface area contributed by atoms with E-state index in [0.29, 0.717) is 0 Å². The highest BCUT2D eigenvalue weighted by Crippen LogP contribution is 2.23. The number of rotatable bonds is 5. The first-order valence-corrected chi connectivity index (χ1v) is 5.62. The number of carbonyl (C=O) groups excluding carboxylic acids is 1. The minimum Gasteiger partial charge on any atom is -0.432 e. The first kappa shape index (κ1) is 18.5. The Morgan fingerprint density at radius 1 is 1.35 bits per heavy atom. The van der Waals surface area contributed by atoms with Gasteiger partial charge in [-0.15, -0.1) is 12.4 Å².